The van der Waals surface area contributed by atoms with Crippen molar-refractivity contribution < 1.29 is 0 Å². The number of hydrogen-bond acceptors (Lipinski definition) is 7. The number of nitriles is 1. The number of nitrogens with zero attached hydrogens (tertiary/aromatic N) is 7. The van der Waals surface area contributed by atoms with Crippen molar-refractivity contribution in [3.8, 4) is 34.4 Å². The highest BCUT2D eigenvalue weighted by atomic mass is 15.1. The molecule has 4 heterocycles. The van der Waals surface area contributed by atoms with Gasteiger partial charge in [0.25, 0.3) is 0 Å². The van der Waals surface area contributed by atoms with E-state index in [4.69, 9.17) is 26.7 Å². The third-order valence-electron chi connectivity index (χ3n) is 7.68. The second-order valence-electron chi connectivity index (χ2n) is 10.8. The van der Waals surface area contributed by atoms with Gasteiger partial charge in [-0.3, -0.25) is 14.5 Å². The fourth-order valence-electron chi connectivity index (χ4n) is 5.48. The quantitative estimate of drug-likeness (QED) is 0.150. The highest BCUT2D eigenvalue weighted by Gasteiger charge is 2.21. The Morgan fingerprint density at radius 2 is 1.77 bits per heavy atom. The second-order valence-corrected chi connectivity index (χ2v) is 10.8. The minimum atomic E-state index is 0.183. The van der Waals surface area contributed by atoms with Crippen molar-refractivity contribution in [2.75, 3.05) is 18.8 Å². The van der Waals surface area contributed by atoms with E-state index in [0.717, 1.165) is 66.1 Å². The second kappa shape index (κ2) is 12.3. The molecule has 9 nitrogen and oxygen atoms in total. The molecule has 1 saturated heterocycles. The first-order chi connectivity index (χ1) is 21.0. The molecule has 1 aliphatic rings. The fourth-order valence-corrected chi connectivity index (χ4v) is 5.48. The maximum atomic E-state index is 8.96. The summed E-state index contributed by atoms with van der Waals surface area (Å²) in [5.74, 6) is 1.55. The van der Waals surface area contributed by atoms with Crippen molar-refractivity contribution in [2.45, 2.75) is 32.4 Å². The van der Waals surface area contributed by atoms with Crippen molar-refractivity contribution >= 4 is 22.8 Å². The van der Waals surface area contributed by atoms with Crippen LogP contribution in [0.4, 0.5) is 5.82 Å². The highest BCUT2D eigenvalue weighted by Crippen LogP contribution is 2.32. The molecule has 6 rings (SSSR count). The van der Waals surface area contributed by atoms with Crippen LogP contribution < -0.4 is 11.5 Å². The smallest absolute Gasteiger partial charge is 0.165 e. The molecule has 0 aliphatic carbocycles. The van der Waals surface area contributed by atoms with E-state index in [0.29, 0.717) is 23.1 Å². The number of likely N-dealkylation sites (tertiary alicyclic amines) is 1. The average molecular weight is 568 g/mol. The van der Waals surface area contributed by atoms with E-state index in [-0.39, 0.29) is 6.04 Å². The first-order valence-electron chi connectivity index (χ1n) is 14.4. The van der Waals surface area contributed by atoms with Crippen molar-refractivity contribution in [3.05, 3.63) is 102 Å². The summed E-state index contributed by atoms with van der Waals surface area (Å²) in [6, 6.07) is 28.8. The van der Waals surface area contributed by atoms with Gasteiger partial charge in [-0.2, -0.15) is 5.26 Å². The lowest BCUT2D eigenvalue weighted by molar-refractivity contribution is 0.206. The number of nitrogens with two attached hydrogens (primary N) is 2. The van der Waals surface area contributed by atoms with E-state index in [1.807, 2.05) is 42.5 Å². The summed E-state index contributed by atoms with van der Waals surface area (Å²) in [5, 5.41) is 8.96. The lowest BCUT2D eigenvalue weighted by atomic mass is 10.0. The van der Waals surface area contributed by atoms with E-state index in [1.165, 1.54) is 5.56 Å². The standard InChI is InChI=1S/C34H33N9/c1-23(21-35)20-31(36)39-26-15-18-42(19-16-26)22-24-9-11-27(12-10-24)43-33(28-8-5-17-38-32(28)37)41-30-14-13-29(40-34(30)43)25-6-3-2-4-7-25/h2-14,17,20,26H,15-16,18-19,22H2,1H3,(H2,36,39)(H2,37,38)/b23-20+. The fraction of sp³-hybridized carbons (Fsp3) is 0.206. The number of anilines is 1. The van der Waals surface area contributed by atoms with E-state index in [1.54, 1.807) is 19.2 Å². The topological polar surface area (TPSA) is 135 Å². The first-order valence-corrected chi connectivity index (χ1v) is 14.4. The molecule has 2 aromatic carbocycles. The van der Waals surface area contributed by atoms with Crippen LogP contribution in [0.2, 0.25) is 0 Å². The van der Waals surface area contributed by atoms with E-state index >= 15 is 0 Å². The van der Waals surface area contributed by atoms with Gasteiger partial charge >= 0.3 is 0 Å². The molecule has 9 heteroatoms. The molecule has 4 N–H and O–H groups in total. The number of hydrogen-bond donors (Lipinski definition) is 2. The molecular weight excluding hydrogens is 534 g/mol. The van der Waals surface area contributed by atoms with E-state index < -0.39 is 0 Å². The Hall–Kier alpha value is -5.33. The van der Waals surface area contributed by atoms with Gasteiger partial charge in [0.1, 0.15) is 17.2 Å². The maximum Gasteiger partial charge on any atom is 0.165 e. The molecule has 43 heavy (non-hydrogen) atoms. The van der Waals surface area contributed by atoms with Crippen molar-refractivity contribution in [1.82, 2.24) is 24.4 Å². The van der Waals surface area contributed by atoms with Crippen LogP contribution in [0.15, 0.2) is 102 Å². The van der Waals surface area contributed by atoms with E-state index in [9.17, 15) is 0 Å². The van der Waals surface area contributed by atoms with Gasteiger partial charge in [-0.25, -0.2) is 15.0 Å². The Kier molecular flexibility index (Phi) is 7.94. The number of benzene rings is 2. The lowest BCUT2D eigenvalue weighted by Crippen LogP contribution is -2.35. The van der Waals surface area contributed by atoms with Crippen LogP contribution in [0.25, 0.3) is 39.5 Å². The number of aliphatic imine (C=N–C) groups is 1. The Balaban J connectivity index is 1.26. The summed E-state index contributed by atoms with van der Waals surface area (Å²) in [5.41, 5.74) is 19.3. The zero-order valence-corrected chi connectivity index (χ0v) is 24.1. The molecule has 214 valence electrons. The minimum Gasteiger partial charge on any atom is -0.384 e. The van der Waals surface area contributed by atoms with Gasteiger partial charge in [0.05, 0.1) is 23.4 Å². The summed E-state index contributed by atoms with van der Waals surface area (Å²) >= 11 is 0. The Bertz CT molecular complexity index is 1840. The molecule has 0 atom stereocenters. The first kappa shape index (κ1) is 27.8. The number of nitrogen functional groups attached to an aromatic ring is 1. The van der Waals surface area contributed by atoms with Crippen LogP contribution in [0.5, 0.6) is 0 Å². The molecule has 0 saturated carbocycles. The van der Waals surface area contributed by atoms with Gasteiger partial charge < -0.3 is 11.5 Å². The normalized spacial score (nSPS) is 15.1. The van der Waals surface area contributed by atoms with Crippen LogP contribution in [0, 0.1) is 11.3 Å². The van der Waals surface area contributed by atoms with Gasteiger partial charge in [-0.1, -0.05) is 42.5 Å². The third kappa shape index (κ3) is 6.15. The van der Waals surface area contributed by atoms with Crippen LogP contribution in [0.3, 0.4) is 0 Å². The SMILES string of the molecule is C/C(C#N)=C\C(N)=NC1CCN(Cc2ccc(-n3c(-c4cccnc4N)nc4ccc(-c5ccccc5)nc43)cc2)CC1. The zero-order chi connectivity index (χ0) is 29.8. The molecule has 1 fully saturated rings. The minimum absolute atomic E-state index is 0.183. The summed E-state index contributed by atoms with van der Waals surface area (Å²) in [6.07, 6.45) is 5.20. The van der Waals surface area contributed by atoms with E-state index in [2.05, 4.69) is 61.9 Å². The molecule has 5 aromatic rings. The average Bonchev–Trinajstić information content (AvgIpc) is 3.41. The predicted molar refractivity (Wildman–Crippen MR) is 171 cm³/mol. The van der Waals surface area contributed by atoms with Crippen molar-refractivity contribution in [3.63, 3.8) is 0 Å². The van der Waals surface area contributed by atoms with Gasteiger partial charge in [-0.15, -0.1) is 0 Å². The molecule has 0 bridgehead atoms. The Labute approximate surface area is 250 Å². The zero-order valence-electron chi connectivity index (χ0n) is 24.1. The number of aromatic nitrogens is 4. The van der Waals surface area contributed by atoms with Gasteiger partial charge in [0, 0.05) is 42.7 Å². The number of piperidine rings is 1. The number of amidine groups is 1. The number of imidazole rings is 1. The van der Waals surface area contributed by atoms with Gasteiger partial charge in [0.2, 0.25) is 0 Å². The van der Waals surface area contributed by atoms with Gasteiger partial charge in [-0.05, 0) is 67.8 Å². The summed E-state index contributed by atoms with van der Waals surface area (Å²) < 4.78 is 2.06. The molecule has 0 amide bonds. The number of pyridine rings is 2. The molecular formula is C34H33N9. The third-order valence-corrected chi connectivity index (χ3v) is 7.68. The number of fused-ring (bicyclic) bond motifs is 1. The van der Waals surface area contributed by atoms with Crippen LogP contribution in [-0.4, -0.2) is 49.4 Å². The molecule has 1 aliphatic heterocycles. The molecule has 0 spiro atoms. The van der Waals surface area contributed by atoms with Crippen molar-refractivity contribution in [2.24, 2.45) is 10.7 Å². The van der Waals surface area contributed by atoms with Crippen LogP contribution >= 0.6 is 0 Å². The summed E-state index contributed by atoms with van der Waals surface area (Å²) in [6.45, 7) is 4.46. The number of rotatable bonds is 7. The van der Waals surface area contributed by atoms with Crippen molar-refractivity contribution in [1.29, 1.82) is 5.26 Å². The lowest BCUT2D eigenvalue weighted by Gasteiger charge is -2.30. The summed E-state index contributed by atoms with van der Waals surface area (Å²) in [7, 11) is 0. The largest absolute Gasteiger partial charge is 0.384 e. The molecule has 0 radical (unpaired) electrons. The Morgan fingerprint density at radius 1 is 1.00 bits per heavy atom. The Morgan fingerprint density at radius 3 is 2.49 bits per heavy atom. The monoisotopic (exact) mass is 567 g/mol. The maximum absolute atomic E-state index is 8.96. The van der Waals surface area contributed by atoms with Crippen LogP contribution in [0.1, 0.15) is 25.3 Å². The van der Waals surface area contributed by atoms with Crippen LogP contribution in [-0.2, 0) is 6.54 Å². The van der Waals surface area contributed by atoms with Gasteiger partial charge in [0.15, 0.2) is 11.5 Å². The highest BCUT2D eigenvalue weighted by molar-refractivity contribution is 5.92. The summed E-state index contributed by atoms with van der Waals surface area (Å²) in [4.78, 5) is 21.4. The molecule has 3 aromatic heterocycles. The predicted octanol–water partition coefficient (Wildman–Crippen LogP) is 5.52. The molecule has 0 unspecified atom stereocenters. The number of allylic oxidation sites excluding steroid dienone is 1.